The van der Waals surface area contributed by atoms with Crippen LogP contribution in [0.1, 0.15) is 25.7 Å². The second-order valence-electron chi connectivity index (χ2n) is 5.57. The lowest BCUT2D eigenvalue weighted by molar-refractivity contribution is -0.132. The summed E-state index contributed by atoms with van der Waals surface area (Å²) in [5, 5.41) is 3.24. The smallest absolute Gasteiger partial charge is 0.222 e. The van der Waals surface area contributed by atoms with E-state index in [1.807, 2.05) is 36.2 Å². The lowest BCUT2D eigenvalue weighted by atomic mass is 10.1. The molecule has 1 aromatic rings. The van der Waals surface area contributed by atoms with Gasteiger partial charge in [-0.2, -0.15) is 0 Å². The minimum atomic E-state index is -1.03. The van der Waals surface area contributed by atoms with Gasteiger partial charge in [-0.3, -0.25) is 9.00 Å². The summed E-state index contributed by atoms with van der Waals surface area (Å²) in [6.07, 6.45) is 3.34. The van der Waals surface area contributed by atoms with Gasteiger partial charge >= 0.3 is 0 Å². The van der Waals surface area contributed by atoms with E-state index in [2.05, 4.69) is 21.2 Å². The van der Waals surface area contributed by atoms with Gasteiger partial charge < -0.3 is 10.2 Å². The number of hydrogen-bond donors (Lipinski definition) is 1. The molecule has 1 amide bonds. The van der Waals surface area contributed by atoms with Crippen LogP contribution in [0.5, 0.6) is 0 Å². The first kappa shape index (κ1) is 17.6. The molecule has 2 unspecified atom stereocenters. The van der Waals surface area contributed by atoms with E-state index >= 15 is 0 Å². The molecule has 0 radical (unpaired) electrons. The number of rotatable bonds is 6. The van der Waals surface area contributed by atoms with Crippen LogP contribution in [0.4, 0.5) is 0 Å². The molecule has 1 aromatic carbocycles. The maximum Gasteiger partial charge on any atom is 0.222 e. The van der Waals surface area contributed by atoms with Gasteiger partial charge in [-0.05, 0) is 50.6 Å². The molecule has 1 N–H and O–H groups in total. The number of piperidine rings is 1. The number of carbonyl (C=O) groups excluding carboxylic acids is 1. The highest BCUT2D eigenvalue weighted by atomic mass is 79.9. The zero-order valence-electron chi connectivity index (χ0n) is 12.9. The summed E-state index contributed by atoms with van der Waals surface area (Å²) in [5.74, 6) is 0.726. The molecule has 122 valence electrons. The molecule has 0 saturated carbocycles. The zero-order chi connectivity index (χ0) is 15.9. The lowest BCUT2D eigenvalue weighted by Crippen LogP contribution is -2.46. The molecule has 1 saturated heterocycles. The number of halogens is 1. The van der Waals surface area contributed by atoms with Gasteiger partial charge in [0.05, 0.1) is 10.8 Å². The van der Waals surface area contributed by atoms with Crippen molar-refractivity contribution >= 4 is 32.6 Å². The number of benzene rings is 1. The van der Waals surface area contributed by atoms with Gasteiger partial charge in [-0.15, -0.1) is 0 Å². The van der Waals surface area contributed by atoms with Crippen LogP contribution in [-0.4, -0.2) is 46.9 Å². The van der Waals surface area contributed by atoms with Crippen LogP contribution in [-0.2, 0) is 15.6 Å². The summed E-state index contributed by atoms with van der Waals surface area (Å²) < 4.78 is 13.2. The largest absolute Gasteiger partial charge is 0.341 e. The Bertz CT molecular complexity index is 521. The molecule has 1 fully saturated rings. The van der Waals surface area contributed by atoms with Gasteiger partial charge in [-0.1, -0.05) is 15.9 Å². The number of carbonyl (C=O) groups is 1. The van der Waals surface area contributed by atoms with E-state index < -0.39 is 10.8 Å². The minimum absolute atomic E-state index is 0.188. The summed E-state index contributed by atoms with van der Waals surface area (Å²) in [5.41, 5.74) is 0. The van der Waals surface area contributed by atoms with Gasteiger partial charge in [0.25, 0.3) is 0 Å². The van der Waals surface area contributed by atoms with Crippen molar-refractivity contribution in [3.8, 4) is 0 Å². The molecule has 1 aliphatic heterocycles. The fraction of sp³-hybridized carbons (Fsp3) is 0.562. The molecule has 0 aliphatic carbocycles. The minimum Gasteiger partial charge on any atom is -0.341 e. The third-order valence-electron chi connectivity index (χ3n) is 3.98. The second kappa shape index (κ2) is 8.79. The zero-order valence-corrected chi connectivity index (χ0v) is 15.3. The van der Waals surface area contributed by atoms with Gasteiger partial charge in [0, 0.05) is 40.7 Å². The van der Waals surface area contributed by atoms with E-state index in [0.29, 0.717) is 24.6 Å². The Morgan fingerprint density at radius 1 is 1.41 bits per heavy atom. The summed E-state index contributed by atoms with van der Waals surface area (Å²) in [6, 6.07) is 7.93. The van der Waals surface area contributed by atoms with Crippen molar-refractivity contribution in [1.29, 1.82) is 0 Å². The molecule has 22 heavy (non-hydrogen) atoms. The van der Waals surface area contributed by atoms with E-state index in [-0.39, 0.29) is 5.91 Å². The van der Waals surface area contributed by atoms with Crippen molar-refractivity contribution in [2.75, 3.05) is 25.9 Å². The predicted molar refractivity (Wildman–Crippen MR) is 93.3 cm³/mol. The number of nitrogens with zero attached hydrogens (tertiary/aromatic N) is 1. The molecule has 0 aromatic heterocycles. The number of hydrogen-bond acceptors (Lipinski definition) is 3. The highest BCUT2D eigenvalue weighted by Gasteiger charge is 2.22. The highest BCUT2D eigenvalue weighted by Crippen LogP contribution is 2.15. The third-order valence-corrected chi connectivity index (χ3v) is 5.97. The van der Waals surface area contributed by atoms with E-state index in [9.17, 15) is 9.00 Å². The maximum absolute atomic E-state index is 12.2. The van der Waals surface area contributed by atoms with Gasteiger partial charge in [0.1, 0.15) is 0 Å². The first-order valence-electron chi connectivity index (χ1n) is 7.69. The fourth-order valence-electron chi connectivity index (χ4n) is 2.66. The van der Waals surface area contributed by atoms with E-state index in [4.69, 9.17) is 0 Å². The first-order chi connectivity index (χ1) is 10.6. The van der Waals surface area contributed by atoms with Crippen LogP contribution < -0.4 is 5.32 Å². The predicted octanol–water partition coefficient (Wildman–Crippen LogP) is 2.55. The van der Waals surface area contributed by atoms with E-state index in [1.165, 1.54) is 0 Å². The average molecular weight is 387 g/mol. The Morgan fingerprint density at radius 2 is 2.14 bits per heavy atom. The summed E-state index contributed by atoms with van der Waals surface area (Å²) >= 11 is 3.37. The number of likely N-dealkylation sites (N-methyl/N-ethyl adjacent to an activating group) is 1. The number of likely N-dealkylation sites (tertiary alicyclic amines) is 1. The third kappa shape index (κ3) is 5.18. The van der Waals surface area contributed by atoms with E-state index in [0.717, 1.165) is 35.3 Å². The van der Waals surface area contributed by atoms with Crippen molar-refractivity contribution in [2.45, 2.75) is 36.6 Å². The topological polar surface area (TPSA) is 49.4 Å². The molecule has 0 bridgehead atoms. The van der Waals surface area contributed by atoms with Crippen molar-refractivity contribution in [3.63, 3.8) is 0 Å². The van der Waals surface area contributed by atoms with Gasteiger partial charge in [-0.25, -0.2) is 0 Å². The average Bonchev–Trinajstić information content (AvgIpc) is 2.55. The Labute approximate surface area is 143 Å². The van der Waals surface area contributed by atoms with Crippen LogP contribution >= 0.6 is 15.9 Å². The molecule has 6 heteroatoms. The monoisotopic (exact) mass is 386 g/mol. The molecule has 4 nitrogen and oxygen atoms in total. The molecule has 1 heterocycles. The van der Waals surface area contributed by atoms with Crippen LogP contribution in [0.15, 0.2) is 33.6 Å². The summed E-state index contributed by atoms with van der Waals surface area (Å²) in [6.45, 7) is 1.65. The Balaban J connectivity index is 1.74. The molecular formula is C16H23BrN2O2S. The molecule has 2 atom stereocenters. The molecule has 0 spiro atoms. The summed E-state index contributed by atoms with van der Waals surface area (Å²) in [4.78, 5) is 15.0. The van der Waals surface area contributed by atoms with Crippen molar-refractivity contribution in [1.82, 2.24) is 10.2 Å². The van der Waals surface area contributed by atoms with Crippen molar-refractivity contribution < 1.29 is 9.00 Å². The van der Waals surface area contributed by atoms with E-state index in [1.54, 1.807) is 0 Å². The number of nitrogens with one attached hydrogen (secondary N) is 1. The Kier molecular flexibility index (Phi) is 7.05. The van der Waals surface area contributed by atoms with Crippen LogP contribution in [0.3, 0.4) is 0 Å². The lowest BCUT2D eigenvalue weighted by Gasteiger charge is -2.32. The van der Waals surface area contributed by atoms with Crippen LogP contribution in [0, 0.1) is 0 Å². The quantitative estimate of drug-likeness (QED) is 0.816. The van der Waals surface area contributed by atoms with Crippen LogP contribution in [0.2, 0.25) is 0 Å². The summed E-state index contributed by atoms with van der Waals surface area (Å²) in [7, 11) is 0.919. The number of amides is 1. The first-order valence-corrected chi connectivity index (χ1v) is 9.80. The SMILES string of the molecule is CNC1CCCN(C(=O)CCCS(=O)c2ccc(Br)cc2)C1. The second-order valence-corrected chi connectivity index (χ2v) is 8.06. The van der Waals surface area contributed by atoms with Gasteiger partial charge in [0.2, 0.25) is 5.91 Å². The molecular weight excluding hydrogens is 364 g/mol. The molecule has 2 rings (SSSR count). The van der Waals surface area contributed by atoms with Crippen LogP contribution in [0.25, 0.3) is 0 Å². The normalized spacial score (nSPS) is 19.9. The highest BCUT2D eigenvalue weighted by molar-refractivity contribution is 9.10. The fourth-order valence-corrected chi connectivity index (χ4v) is 4.00. The standard InChI is InChI=1S/C16H23BrN2O2S/c1-18-14-4-2-10-19(12-14)16(20)5-3-11-22(21)15-8-6-13(17)7-9-15/h6-9,14,18H,2-5,10-12H2,1H3. The van der Waals surface area contributed by atoms with Gasteiger partial charge in [0.15, 0.2) is 0 Å². The Morgan fingerprint density at radius 3 is 2.82 bits per heavy atom. The van der Waals surface area contributed by atoms with Crippen molar-refractivity contribution in [2.24, 2.45) is 0 Å². The Hall–Kier alpha value is -0.720. The molecule has 1 aliphatic rings. The van der Waals surface area contributed by atoms with Crippen molar-refractivity contribution in [3.05, 3.63) is 28.7 Å². The maximum atomic E-state index is 12.2.